The number of benzene rings is 2. The summed E-state index contributed by atoms with van der Waals surface area (Å²) in [6.45, 7) is 2.10. The number of nitrogens with one attached hydrogen (secondary N) is 2. The predicted octanol–water partition coefficient (Wildman–Crippen LogP) is 2.96. The molecule has 0 aliphatic carbocycles. The van der Waals surface area contributed by atoms with Gasteiger partial charge < -0.3 is 20.3 Å². The van der Waals surface area contributed by atoms with Crippen molar-refractivity contribution in [3.63, 3.8) is 0 Å². The van der Waals surface area contributed by atoms with E-state index in [4.69, 9.17) is 4.74 Å². The summed E-state index contributed by atoms with van der Waals surface area (Å²) in [6, 6.07) is 11.8. The molecule has 0 radical (unpaired) electrons. The van der Waals surface area contributed by atoms with Gasteiger partial charge in [-0.2, -0.15) is 0 Å². The van der Waals surface area contributed by atoms with Crippen LogP contribution >= 0.6 is 0 Å². The van der Waals surface area contributed by atoms with Gasteiger partial charge in [-0.1, -0.05) is 12.1 Å². The molecule has 2 N–H and O–H groups in total. The number of guanidine groups is 1. The molecule has 2 aromatic carbocycles. The Balaban J connectivity index is 1.47. The molecular formula is C21H26F2N4O. The second kappa shape index (κ2) is 9.39. The molecule has 0 saturated carbocycles. The van der Waals surface area contributed by atoms with E-state index in [-0.39, 0.29) is 6.04 Å². The normalized spacial score (nSPS) is 16.9. The fraction of sp³-hybridized carbons (Fsp3) is 0.381. The summed E-state index contributed by atoms with van der Waals surface area (Å²) >= 11 is 0. The van der Waals surface area contributed by atoms with Crippen LogP contribution in [0.5, 0.6) is 5.75 Å². The van der Waals surface area contributed by atoms with Crippen LogP contribution in [0.1, 0.15) is 12.0 Å². The van der Waals surface area contributed by atoms with E-state index in [1.165, 1.54) is 17.7 Å². The first-order valence-electron chi connectivity index (χ1n) is 9.39. The van der Waals surface area contributed by atoms with Gasteiger partial charge in [0.1, 0.15) is 17.4 Å². The Morgan fingerprint density at radius 2 is 2.00 bits per heavy atom. The quantitative estimate of drug-likeness (QED) is 0.590. The molecule has 0 amide bonds. The van der Waals surface area contributed by atoms with E-state index in [0.717, 1.165) is 37.2 Å². The molecule has 150 valence electrons. The van der Waals surface area contributed by atoms with Crippen molar-refractivity contribution in [1.29, 1.82) is 0 Å². The molecule has 0 bridgehead atoms. The monoisotopic (exact) mass is 388 g/mol. The highest BCUT2D eigenvalue weighted by atomic mass is 19.1. The number of nitrogens with zero attached hydrogens (tertiary/aromatic N) is 2. The van der Waals surface area contributed by atoms with Gasteiger partial charge in [0.2, 0.25) is 0 Å². The zero-order valence-electron chi connectivity index (χ0n) is 16.2. The first-order chi connectivity index (χ1) is 13.6. The van der Waals surface area contributed by atoms with Crippen molar-refractivity contribution >= 4 is 11.6 Å². The number of hydrogen-bond donors (Lipinski definition) is 2. The summed E-state index contributed by atoms with van der Waals surface area (Å²) in [5.41, 5.74) is 1.65. The molecule has 1 unspecified atom stereocenters. The fourth-order valence-corrected chi connectivity index (χ4v) is 3.34. The van der Waals surface area contributed by atoms with Crippen molar-refractivity contribution in [3.05, 3.63) is 59.7 Å². The van der Waals surface area contributed by atoms with Gasteiger partial charge in [-0.25, -0.2) is 8.78 Å². The van der Waals surface area contributed by atoms with Crippen LogP contribution in [0.3, 0.4) is 0 Å². The largest absolute Gasteiger partial charge is 0.497 e. The average molecular weight is 388 g/mol. The summed E-state index contributed by atoms with van der Waals surface area (Å²) in [6.07, 6.45) is 1.72. The molecule has 7 heteroatoms. The second-order valence-electron chi connectivity index (χ2n) is 6.77. The molecule has 1 saturated heterocycles. The molecule has 1 fully saturated rings. The van der Waals surface area contributed by atoms with Crippen LogP contribution in [-0.4, -0.2) is 45.8 Å². The van der Waals surface area contributed by atoms with Gasteiger partial charge in [0.05, 0.1) is 12.8 Å². The van der Waals surface area contributed by atoms with Crippen LogP contribution in [0, 0.1) is 11.6 Å². The Morgan fingerprint density at radius 3 is 2.68 bits per heavy atom. The first kappa shape index (κ1) is 19.9. The van der Waals surface area contributed by atoms with Crippen LogP contribution in [0.2, 0.25) is 0 Å². The molecule has 3 rings (SSSR count). The highest BCUT2D eigenvalue weighted by Gasteiger charge is 2.25. The lowest BCUT2D eigenvalue weighted by molar-refractivity contribution is 0.414. The lowest BCUT2D eigenvalue weighted by atomic mass is 10.1. The Hall–Kier alpha value is -2.83. The second-order valence-corrected chi connectivity index (χ2v) is 6.77. The first-order valence-corrected chi connectivity index (χ1v) is 9.39. The van der Waals surface area contributed by atoms with E-state index in [9.17, 15) is 8.78 Å². The molecule has 1 heterocycles. The van der Waals surface area contributed by atoms with E-state index in [2.05, 4.69) is 15.6 Å². The van der Waals surface area contributed by atoms with Crippen molar-refractivity contribution in [1.82, 2.24) is 10.6 Å². The van der Waals surface area contributed by atoms with Crippen molar-refractivity contribution in [2.75, 3.05) is 38.7 Å². The summed E-state index contributed by atoms with van der Waals surface area (Å²) in [5, 5.41) is 6.69. The van der Waals surface area contributed by atoms with Crippen LogP contribution < -0.4 is 20.3 Å². The average Bonchev–Trinajstić information content (AvgIpc) is 3.16. The van der Waals surface area contributed by atoms with E-state index >= 15 is 0 Å². The van der Waals surface area contributed by atoms with Gasteiger partial charge in [-0.3, -0.25) is 4.99 Å². The summed E-state index contributed by atoms with van der Waals surface area (Å²) < 4.78 is 32.3. The number of ether oxygens (including phenoxy) is 1. The number of aliphatic imine (C=N–C) groups is 1. The minimum atomic E-state index is -0.559. The lowest BCUT2D eigenvalue weighted by Crippen LogP contribution is -2.45. The molecule has 5 nitrogen and oxygen atoms in total. The van der Waals surface area contributed by atoms with Crippen LogP contribution in [0.15, 0.2) is 47.5 Å². The standard InChI is InChI=1S/C21H26F2N4O/c1-24-21(25-11-9-15-3-6-18(28-2)7-4-15)26-17-10-12-27(14-17)20-8-5-16(22)13-19(20)23/h3-8,13,17H,9-12,14H2,1-2H3,(H2,24,25,26). The lowest BCUT2D eigenvalue weighted by Gasteiger charge is -2.21. The molecule has 0 spiro atoms. The van der Waals surface area contributed by atoms with Gasteiger partial charge in [-0.15, -0.1) is 0 Å². The highest BCUT2D eigenvalue weighted by Crippen LogP contribution is 2.24. The minimum absolute atomic E-state index is 0.150. The van der Waals surface area contributed by atoms with E-state index in [0.29, 0.717) is 18.8 Å². The number of methoxy groups -OCH3 is 1. The summed E-state index contributed by atoms with van der Waals surface area (Å²) in [7, 11) is 3.38. The zero-order chi connectivity index (χ0) is 19.9. The van der Waals surface area contributed by atoms with Crippen molar-refractivity contribution in [2.45, 2.75) is 18.9 Å². The smallest absolute Gasteiger partial charge is 0.191 e. The third-order valence-electron chi connectivity index (χ3n) is 4.87. The van der Waals surface area contributed by atoms with Crippen molar-refractivity contribution in [2.24, 2.45) is 4.99 Å². The Morgan fingerprint density at radius 1 is 1.21 bits per heavy atom. The topological polar surface area (TPSA) is 48.9 Å². The van der Waals surface area contributed by atoms with Gasteiger partial charge in [0, 0.05) is 38.8 Å². The SMILES string of the molecule is CN=C(NCCc1ccc(OC)cc1)NC1CCN(c2ccc(F)cc2F)C1. The molecule has 28 heavy (non-hydrogen) atoms. The Labute approximate surface area is 164 Å². The summed E-state index contributed by atoms with van der Waals surface area (Å²) in [4.78, 5) is 6.20. The van der Waals surface area contributed by atoms with Gasteiger partial charge in [-0.05, 0) is 42.7 Å². The van der Waals surface area contributed by atoms with Crippen LogP contribution in [0.25, 0.3) is 0 Å². The van der Waals surface area contributed by atoms with Gasteiger partial charge in [0.25, 0.3) is 0 Å². The minimum Gasteiger partial charge on any atom is -0.497 e. The molecule has 0 aromatic heterocycles. The Kier molecular flexibility index (Phi) is 6.68. The van der Waals surface area contributed by atoms with E-state index in [1.54, 1.807) is 14.2 Å². The third-order valence-corrected chi connectivity index (χ3v) is 4.87. The number of rotatable bonds is 6. The fourth-order valence-electron chi connectivity index (χ4n) is 3.34. The third kappa shape index (κ3) is 5.12. The maximum absolute atomic E-state index is 14.0. The molecule has 2 aromatic rings. The maximum Gasteiger partial charge on any atom is 0.191 e. The zero-order valence-corrected chi connectivity index (χ0v) is 16.2. The van der Waals surface area contributed by atoms with Gasteiger partial charge >= 0.3 is 0 Å². The number of halogens is 2. The number of anilines is 1. The van der Waals surface area contributed by atoms with E-state index in [1.807, 2.05) is 29.2 Å². The summed E-state index contributed by atoms with van der Waals surface area (Å²) in [5.74, 6) is 0.483. The van der Waals surface area contributed by atoms with Gasteiger partial charge in [0.15, 0.2) is 5.96 Å². The predicted molar refractivity (Wildman–Crippen MR) is 108 cm³/mol. The molecule has 1 aliphatic heterocycles. The molecular weight excluding hydrogens is 362 g/mol. The maximum atomic E-state index is 14.0. The molecule has 1 atom stereocenters. The van der Waals surface area contributed by atoms with Crippen LogP contribution in [0.4, 0.5) is 14.5 Å². The van der Waals surface area contributed by atoms with Crippen LogP contribution in [-0.2, 0) is 6.42 Å². The molecule has 1 aliphatic rings. The van der Waals surface area contributed by atoms with E-state index < -0.39 is 11.6 Å². The highest BCUT2D eigenvalue weighted by molar-refractivity contribution is 5.80. The van der Waals surface area contributed by atoms with Crippen molar-refractivity contribution in [3.8, 4) is 5.75 Å². The van der Waals surface area contributed by atoms with Crippen molar-refractivity contribution < 1.29 is 13.5 Å². The number of hydrogen-bond acceptors (Lipinski definition) is 3. The Bertz CT molecular complexity index is 811.